The molecule has 2 aliphatic heterocycles. The molecule has 0 aromatic carbocycles. The van der Waals surface area contributed by atoms with Crippen LogP contribution >= 0.6 is 0 Å². The third-order valence-corrected chi connectivity index (χ3v) is 3.27. The Morgan fingerprint density at radius 1 is 1.44 bits per heavy atom. The normalized spacial score (nSPS) is 21.6. The van der Waals surface area contributed by atoms with Crippen LogP contribution in [0.3, 0.4) is 0 Å². The zero-order chi connectivity index (χ0) is 11.0. The van der Waals surface area contributed by atoms with Gasteiger partial charge in [0, 0.05) is 25.3 Å². The molecule has 3 rings (SSSR count). The van der Waals surface area contributed by atoms with Gasteiger partial charge >= 0.3 is 0 Å². The maximum absolute atomic E-state index is 11.2. The Hall–Kier alpha value is -1.36. The summed E-state index contributed by atoms with van der Waals surface area (Å²) in [5, 5.41) is 2.81. The van der Waals surface area contributed by atoms with Gasteiger partial charge in [-0.2, -0.15) is 0 Å². The van der Waals surface area contributed by atoms with Crippen LogP contribution in [-0.2, 0) is 22.6 Å². The second-order valence-electron chi connectivity index (χ2n) is 4.37. The molecule has 5 nitrogen and oxygen atoms in total. The topological polar surface area (TPSA) is 56.2 Å². The molecular weight excluding hydrogens is 206 g/mol. The van der Waals surface area contributed by atoms with Crippen LogP contribution in [0.2, 0.25) is 0 Å². The van der Waals surface area contributed by atoms with E-state index >= 15 is 0 Å². The Morgan fingerprint density at radius 3 is 3.06 bits per heavy atom. The molecule has 0 bridgehead atoms. The first-order valence-electron chi connectivity index (χ1n) is 5.73. The smallest absolute Gasteiger partial charge is 0.240 e. The van der Waals surface area contributed by atoms with Gasteiger partial charge in [-0.3, -0.25) is 4.79 Å². The largest absolute Gasteiger partial charge is 0.381 e. The third kappa shape index (κ3) is 1.71. The molecular formula is C11H15N3O2. The molecule has 86 valence electrons. The van der Waals surface area contributed by atoms with E-state index in [0.717, 1.165) is 37.6 Å². The van der Waals surface area contributed by atoms with E-state index < -0.39 is 0 Å². The van der Waals surface area contributed by atoms with Gasteiger partial charge in [-0.05, 0) is 12.8 Å². The second-order valence-corrected chi connectivity index (χ2v) is 4.37. The van der Waals surface area contributed by atoms with Crippen LogP contribution in [0.1, 0.15) is 30.3 Å². The van der Waals surface area contributed by atoms with Crippen molar-refractivity contribution in [1.82, 2.24) is 14.9 Å². The van der Waals surface area contributed by atoms with Gasteiger partial charge < -0.3 is 14.6 Å². The lowest BCUT2D eigenvalue weighted by Gasteiger charge is -2.19. The average molecular weight is 221 g/mol. The summed E-state index contributed by atoms with van der Waals surface area (Å²) in [7, 11) is 0. The van der Waals surface area contributed by atoms with Crippen LogP contribution in [0.15, 0.2) is 6.20 Å². The van der Waals surface area contributed by atoms with Crippen molar-refractivity contribution >= 4 is 5.91 Å². The molecule has 1 saturated heterocycles. The van der Waals surface area contributed by atoms with Crippen molar-refractivity contribution in [1.29, 1.82) is 0 Å². The highest BCUT2D eigenvalue weighted by atomic mass is 16.5. The number of imidazole rings is 1. The van der Waals surface area contributed by atoms with Crippen LogP contribution in [-0.4, -0.2) is 28.7 Å². The van der Waals surface area contributed by atoms with Crippen molar-refractivity contribution in [2.24, 2.45) is 0 Å². The van der Waals surface area contributed by atoms with Crippen molar-refractivity contribution in [3.05, 3.63) is 17.7 Å². The Bertz CT molecular complexity index is 407. The van der Waals surface area contributed by atoms with Crippen LogP contribution in [0.25, 0.3) is 0 Å². The molecule has 16 heavy (non-hydrogen) atoms. The van der Waals surface area contributed by atoms with Gasteiger partial charge in [-0.1, -0.05) is 0 Å². The molecule has 0 radical (unpaired) electrons. The summed E-state index contributed by atoms with van der Waals surface area (Å²) in [6.07, 6.45) is 4.11. The number of nitrogens with one attached hydrogen (secondary N) is 1. The summed E-state index contributed by atoms with van der Waals surface area (Å²) in [4.78, 5) is 15.8. The molecule has 1 fully saturated rings. The summed E-state index contributed by atoms with van der Waals surface area (Å²) < 4.78 is 7.30. The van der Waals surface area contributed by atoms with Crippen LogP contribution in [0, 0.1) is 0 Å². The quantitative estimate of drug-likeness (QED) is 0.747. The van der Waals surface area contributed by atoms with Crippen molar-refractivity contribution in [2.45, 2.75) is 31.8 Å². The van der Waals surface area contributed by atoms with Crippen LogP contribution in [0.5, 0.6) is 0 Å². The van der Waals surface area contributed by atoms with Crippen LogP contribution in [0.4, 0.5) is 0 Å². The molecule has 0 spiro atoms. The molecule has 0 atom stereocenters. The number of amides is 1. The molecule has 0 unspecified atom stereocenters. The molecule has 0 saturated carbocycles. The lowest BCUT2D eigenvalue weighted by molar-refractivity contribution is -0.122. The lowest BCUT2D eigenvalue weighted by atomic mass is 9.97. The summed E-state index contributed by atoms with van der Waals surface area (Å²) in [5.74, 6) is 1.55. The number of carbonyl (C=O) groups is 1. The van der Waals surface area contributed by atoms with Gasteiger partial charge in [0.05, 0.1) is 12.2 Å². The van der Waals surface area contributed by atoms with Crippen molar-refractivity contribution in [3.8, 4) is 0 Å². The highest BCUT2D eigenvalue weighted by Gasteiger charge is 2.22. The molecule has 1 amide bonds. The predicted molar refractivity (Wildman–Crippen MR) is 56.9 cm³/mol. The summed E-state index contributed by atoms with van der Waals surface area (Å²) >= 11 is 0. The van der Waals surface area contributed by atoms with Gasteiger partial charge in [0.15, 0.2) is 0 Å². The van der Waals surface area contributed by atoms with Gasteiger partial charge in [-0.25, -0.2) is 4.98 Å². The number of nitrogens with zero attached hydrogens (tertiary/aromatic N) is 2. The number of carbonyl (C=O) groups excluding carboxylic acids is 1. The van der Waals surface area contributed by atoms with Crippen LogP contribution < -0.4 is 5.32 Å². The summed E-state index contributed by atoms with van der Waals surface area (Å²) in [6, 6.07) is 0. The van der Waals surface area contributed by atoms with E-state index in [2.05, 4.69) is 10.3 Å². The first kappa shape index (κ1) is 9.84. The minimum atomic E-state index is 0.0726. The maximum atomic E-state index is 11.2. The van der Waals surface area contributed by atoms with Gasteiger partial charge in [0.25, 0.3) is 0 Å². The molecule has 1 aromatic rings. The Morgan fingerprint density at radius 2 is 2.25 bits per heavy atom. The molecule has 2 aliphatic rings. The molecule has 5 heteroatoms. The Balaban J connectivity index is 1.83. The lowest BCUT2D eigenvalue weighted by Crippen LogP contribution is -2.33. The number of fused-ring (bicyclic) bond motifs is 1. The number of ether oxygens (including phenoxy) is 1. The average Bonchev–Trinajstić information content (AvgIpc) is 2.73. The first-order valence-corrected chi connectivity index (χ1v) is 5.73. The van der Waals surface area contributed by atoms with E-state index in [0.29, 0.717) is 19.0 Å². The van der Waals surface area contributed by atoms with Gasteiger partial charge in [0.2, 0.25) is 5.91 Å². The predicted octanol–water partition coefficient (Wildman–Crippen LogP) is 0.407. The number of hydrogen-bond donors (Lipinski definition) is 1. The highest BCUT2D eigenvalue weighted by molar-refractivity contribution is 5.76. The fraction of sp³-hybridized carbons (Fsp3) is 0.636. The monoisotopic (exact) mass is 221 g/mol. The van der Waals surface area contributed by atoms with Crippen molar-refractivity contribution < 1.29 is 9.53 Å². The zero-order valence-corrected chi connectivity index (χ0v) is 9.11. The number of rotatable bonds is 1. The molecule has 0 aliphatic carbocycles. The number of aromatic nitrogens is 2. The van der Waals surface area contributed by atoms with E-state index in [1.54, 1.807) is 0 Å². The molecule has 3 heterocycles. The minimum Gasteiger partial charge on any atom is -0.381 e. The van der Waals surface area contributed by atoms with E-state index in [1.165, 1.54) is 0 Å². The second kappa shape index (κ2) is 3.90. The minimum absolute atomic E-state index is 0.0726. The van der Waals surface area contributed by atoms with E-state index in [1.807, 2.05) is 10.8 Å². The fourth-order valence-electron chi connectivity index (χ4n) is 2.33. The zero-order valence-electron chi connectivity index (χ0n) is 9.11. The van der Waals surface area contributed by atoms with Gasteiger partial charge in [-0.15, -0.1) is 0 Å². The Labute approximate surface area is 93.8 Å². The van der Waals surface area contributed by atoms with Gasteiger partial charge in [0.1, 0.15) is 12.4 Å². The van der Waals surface area contributed by atoms with Crippen molar-refractivity contribution in [3.63, 3.8) is 0 Å². The standard InChI is InChI=1S/C11H15N3O2/c15-11-7-14-6-9(13-10(14)5-12-11)8-1-3-16-4-2-8/h6,8H,1-5,7H2,(H,12,15). The Kier molecular flexibility index (Phi) is 2.40. The van der Waals surface area contributed by atoms with E-state index in [4.69, 9.17) is 4.74 Å². The molecule has 1 N–H and O–H groups in total. The fourth-order valence-corrected chi connectivity index (χ4v) is 2.33. The van der Waals surface area contributed by atoms with E-state index in [9.17, 15) is 4.79 Å². The molecule has 1 aromatic heterocycles. The summed E-state index contributed by atoms with van der Waals surface area (Å²) in [5.41, 5.74) is 1.12. The highest BCUT2D eigenvalue weighted by Crippen LogP contribution is 2.26. The summed E-state index contributed by atoms with van der Waals surface area (Å²) in [6.45, 7) is 2.61. The van der Waals surface area contributed by atoms with Crippen molar-refractivity contribution in [2.75, 3.05) is 13.2 Å². The maximum Gasteiger partial charge on any atom is 0.240 e. The number of hydrogen-bond acceptors (Lipinski definition) is 3. The van der Waals surface area contributed by atoms with E-state index in [-0.39, 0.29) is 5.91 Å². The first-order chi connectivity index (χ1) is 7.83. The SMILES string of the molecule is O=C1Cn2cc(C3CCOCC3)nc2CN1. The third-order valence-electron chi connectivity index (χ3n) is 3.27.